The van der Waals surface area contributed by atoms with Gasteiger partial charge in [-0.05, 0) is 47.4 Å². The summed E-state index contributed by atoms with van der Waals surface area (Å²) in [7, 11) is 0. The van der Waals surface area contributed by atoms with Crippen LogP contribution in [-0.2, 0) is 20.1 Å². The Kier molecular flexibility index (Phi) is 7.13. The zero-order chi connectivity index (χ0) is 26.4. The standard InChI is InChI=1S/C20H14N3.C11H8N.Ir/c1-14-9-20(23-13-22-14)18-4-2-3-16(10-18)17-6-5-15-7-8-21-12-19(15)11-17;1-2-6-10(7-3-1)11-8-4-5-9-12-11;/h2-3,5-13H,1H3;1-6,8-9H;/q2*-1;/i1D3;;. The molecule has 0 spiro atoms. The van der Waals surface area contributed by atoms with Crippen molar-refractivity contribution >= 4 is 10.8 Å². The van der Waals surface area contributed by atoms with Gasteiger partial charge >= 0.3 is 0 Å². The largest absolute Gasteiger partial charge is 0.305 e. The van der Waals surface area contributed by atoms with Crippen molar-refractivity contribution in [2.45, 2.75) is 6.85 Å². The summed E-state index contributed by atoms with van der Waals surface area (Å²) in [6.45, 7) is -2.26. The fourth-order valence-electron chi connectivity index (χ4n) is 3.64. The maximum absolute atomic E-state index is 7.51. The molecular formula is C31H22IrN4-2. The van der Waals surface area contributed by atoms with Crippen LogP contribution in [-0.4, -0.2) is 19.9 Å². The Labute approximate surface area is 228 Å². The average molecular weight is 646 g/mol. The molecule has 0 bridgehead atoms. The molecule has 0 aliphatic rings. The molecule has 3 heterocycles. The Morgan fingerprint density at radius 1 is 0.667 bits per heavy atom. The number of hydrogen-bond donors (Lipinski definition) is 0. The molecule has 3 aromatic heterocycles. The van der Waals surface area contributed by atoms with Gasteiger partial charge in [0.05, 0.1) is 0 Å². The Morgan fingerprint density at radius 2 is 1.56 bits per heavy atom. The average Bonchev–Trinajstić information content (AvgIpc) is 2.98. The third-order valence-corrected chi connectivity index (χ3v) is 5.37. The van der Waals surface area contributed by atoms with Crippen LogP contribution in [0.1, 0.15) is 9.81 Å². The predicted molar refractivity (Wildman–Crippen MR) is 140 cm³/mol. The molecule has 5 heteroatoms. The first-order chi connectivity index (χ1) is 18.5. The number of pyridine rings is 2. The van der Waals surface area contributed by atoms with Crippen LogP contribution in [0.2, 0.25) is 0 Å². The number of rotatable bonds is 3. The number of fused-ring (bicyclic) bond motifs is 1. The van der Waals surface area contributed by atoms with Crippen LogP contribution in [0.15, 0.2) is 116 Å². The Bertz CT molecular complexity index is 1620. The molecule has 36 heavy (non-hydrogen) atoms. The van der Waals surface area contributed by atoms with Gasteiger partial charge in [-0.15, -0.1) is 71.3 Å². The maximum atomic E-state index is 7.51. The SMILES string of the molecule is [2H]C([2H])([2H])c1cc(-c2[c-]ccc(-c3ccc4ccncc4c3)c2)ncn1.[Ir].[c-]1ccccc1-c1ccccn1. The summed E-state index contributed by atoms with van der Waals surface area (Å²) in [6, 6.07) is 35.3. The minimum absolute atomic E-state index is 0. The van der Waals surface area contributed by atoms with Gasteiger partial charge in [-0.25, -0.2) is 4.98 Å². The second-order valence-corrected chi connectivity index (χ2v) is 7.71. The first-order valence-corrected chi connectivity index (χ1v) is 11.0. The number of nitrogens with zero attached hydrogens (tertiary/aromatic N) is 4. The van der Waals surface area contributed by atoms with E-state index < -0.39 is 6.85 Å². The molecule has 0 amide bonds. The van der Waals surface area contributed by atoms with Gasteiger partial charge < -0.3 is 4.98 Å². The van der Waals surface area contributed by atoms with E-state index in [0.29, 0.717) is 5.69 Å². The molecule has 0 aliphatic heterocycles. The molecule has 3 aromatic carbocycles. The van der Waals surface area contributed by atoms with E-state index in [1.54, 1.807) is 12.4 Å². The summed E-state index contributed by atoms with van der Waals surface area (Å²) >= 11 is 0. The summed E-state index contributed by atoms with van der Waals surface area (Å²) in [5.74, 6) is 0. The van der Waals surface area contributed by atoms with E-state index in [-0.39, 0.29) is 25.8 Å². The van der Waals surface area contributed by atoms with Crippen molar-refractivity contribution in [1.82, 2.24) is 19.9 Å². The maximum Gasteiger partial charge on any atom is 0.105 e. The van der Waals surface area contributed by atoms with Crippen molar-refractivity contribution < 1.29 is 24.2 Å². The molecule has 0 aliphatic carbocycles. The fraction of sp³-hybridized carbons (Fsp3) is 0.0323. The zero-order valence-corrected chi connectivity index (χ0v) is 21.5. The van der Waals surface area contributed by atoms with Crippen LogP contribution < -0.4 is 0 Å². The molecule has 177 valence electrons. The van der Waals surface area contributed by atoms with E-state index in [4.69, 9.17) is 4.11 Å². The predicted octanol–water partition coefficient (Wildman–Crippen LogP) is 7.01. The number of aryl methyl sites for hydroxylation is 1. The minimum Gasteiger partial charge on any atom is -0.305 e. The molecule has 0 saturated carbocycles. The second-order valence-electron chi connectivity index (χ2n) is 7.71. The quantitative estimate of drug-likeness (QED) is 0.194. The van der Waals surface area contributed by atoms with Gasteiger partial charge in [0.2, 0.25) is 0 Å². The van der Waals surface area contributed by atoms with Gasteiger partial charge in [0.15, 0.2) is 0 Å². The molecule has 0 atom stereocenters. The minimum atomic E-state index is -2.26. The van der Waals surface area contributed by atoms with Crippen molar-refractivity contribution in [3.8, 4) is 33.6 Å². The van der Waals surface area contributed by atoms with Crippen LogP contribution in [0, 0.1) is 19.0 Å². The number of aromatic nitrogens is 4. The van der Waals surface area contributed by atoms with Crippen LogP contribution in [0.3, 0.4) is 0 Å². The molecule has 0 fully saturated rings. The van der Waals surface area contributed by atoms with E-state index in [2.05, 4.69) is 50.3 Å². The second kappa shape index (κ2) is 12.1. The van der Waals surface area contributed by atoms with Crippen molar-refractivity contribution in [3.05, 3.63) is 134 Å². The Morgan fingerprint density at radius 3 is 2.39 bits per heavy atom. The normalized spacial score (nSPS) is 11.7. The smallest absolute Gasteiger partial charge is 0.105 e. The van der Waals surface area contributed by atoms with Crippen molar-refractivity contribution in [1.29, 1.82) is 0 Å². The van der Waals surface area contributed by atoms with Crippen molar-refractivity contribution in [3.63, 3.8) is 0 Å². The van der Waals surface area contributed by atoms with Gasteiger partial charge in [0.25, 0.3) is 0 Å². The first kappa shape index (κ1) is 21.2. The fourth-order valence-corrected chi connectivity index (χ4v) is 3.64. The first-order valence-electron chi connectivity index (χ1n) is 12.5. The monoisotopic (exact) mass is 646 g/mol. The summed E-state index contributed by atoms with van der Waals surface area (Å²) in [6.07, 6.45) is 6.67. The topological polar surface area (TPSA) is 51.6 Å². The van der Waals surface area contributed by atoms with Crippen LogP contribution >= 0.6 is 0 Å². The van der Waals surface area contributed by atoms with Gasteiger partial charge in [-0.1, -0.05) is 30.3 Å². The van der Waals surface area contributed by atoms with Crippen LogP contribution in [0.5, 0.6) is 0 Å². The van der Waals surface area contributed by atoms with Crippen molar-refractivity contribution in [2.24, 2.45) is 0 Å². The van der Waals surface area contributed by atoms with Crippen LogP contribution in [0.4, 0.5) is 0 Å². The molecule has 4 nitrogen and oxygen atoms in total. The van der Waals surface area contributed by atoms with Crippen LogP contribution in [0.25, 0.3) is 44.4 Å². The summed E-state index contributed by atoms with van der Waals surface area (Å²) in [5.41, 5.74) is 5.34. The van der Waals surface area contributed by atoms with Crippen molar-refractivity contribution in [2.75, 3.05) is 0 Å². The van der Waals surface area contributed by atoms with Gasteiger partial charge in [-0.2, -0.15) is 0 Å². The molecule has 0 unspecified atom stereocenters. The summed E-state index contributed by atoms with van der Waals surface area (Å²) in [5, 5.41) is 2.19. The Balaban J connectivity index is 0.000000228. The van der Waals surface area contributed by atoms with Gasteiger partial charge in [0, 0.05) is 53.9 Å². The summed E-state index contributed by atoms with van der Waals surface area (Å²) < 4.78 is 22.5. The van der Waals surface area contributed by atoms with Gasteiger partial charge in [0.1, 0.15) is 6.33 Å². The van der Waals surface area contributed by atoms with Gasteiger partial charge in [-0.3, -0.25) is 9.97 Å². The molecule has 1 radical (unpaired) electrons. The van der Waals surface area contributed by atoms with E-state index in [0.717, 1.165) is 38.7 Å². The molecule has 0 N–H and O–H groups in total. The molecular weight excluding hydrogens is 621 g/mol. The van der Waals surface area contributed by atoms with E-state index >= 15 is 0 Å². The van der Waals surface area contributed by atoms with E-state index in [1.165, 1.54) is 12.4 Å². The third kappa shape index (κ3) is 6.14. The number of hydrogen-bond acceptors (Lipinski definition) is 4. The molecule has 6 rings (SSSR count). The molecule has 6 aromatic rings. The zero-order valence-electron chi connectivity index (χ0n) is 22.1. The van der Waals surface area contributed by atoms with E-state index in [1.807, 2.05) is 72.9 Å². The summed E-state index contributed by atoms with van der Waals surface area (Å²) in [4.78, 5) is 16.4. The number of benzene rings is 3. The van der Waals surface area contributed by atoms with E-state index in [9.17, 15) is 0 Å². The third-order valence-electron chi connectivity index (χ3n) is 5.37. The molecule has 0 saturated heterocycles. The Hall–Kier alpha value is -4.05.